The van der Waals surface area contributed by atoms with Crippen molar-refractivity contribution >= 4 is 40.2 Å². The van der Waals surface area contributed by atoms with E-state index in [1.165, 1.54) is 35.6 Å². The number of non-ortho nitro benzene ring substituents is 1. The van der Waals surface area contributed by atoms with Crippen LogP contribution in [0.1, 0.15) is 9.67 Å². The number of ether oxygens (including phenoxy) is 1. The number of anilines is 2. The Morgan fingerprint density at radius 3 is 2.36 bits per heavy atom. The molecule has 3 rings (SSSR count). The number of nitrogens with one attached hydrogen (secondary N) is 2. The smallest absolute Gasteiger partial charge is 0.269 e. The van der Waals surface area contributed by atoms with E-state index in [2.05, 4.69) is 10.6 Å². The Hall–Kier alpha value is -3.72. The van der Waals surface area contributed by atoms with Gasteiger partial charge in [0.2, 0.25) is 0 Å². The minimum atomic E-state index is -0.513. The van der Waals surface area contributed by atoms with Gasteiger partial charge < -0.3 is 15.4 Å². The van der Waals surface area contributed by atoms with Gasteiger partial charge in [-0.2, -0.15) is 0 Å². The van der Waals surface area contributed by atoms with Gasteiger partial charge in [0, 0.05) is 23.5 Å². The van der Waals surface area contributed by atoms with Gasteiger partial charge in [0.15, 0.2) is 6.61 Å². The van der Waals surface area contributed by atoms with E-state index in [1.807, 2.05) is 5.38 Å². The Labute approximate surface area is 163 Å². The van der Waals surface area contributed by atoms with Crippen molar-refractivity contribution in [3.8, 4) is 5.75 Å². The fourth-order valence-electron chi connectivity index (χ4n) is 2.29. The Bertz CT molecular complexity index is 987. The summed E-state index contributed by atoms with van der Waals surface area (Å²) in [6, 6.07) is 15.7. The Kier molecular flexibility index (Phi) is 5.97. The van der Waals surface area contributed by atoms with E-state index in [-0.39, 0.29) is 18.2 Å². The molecule has 0 aliphatic rings. The standard InChI is InChI=1S/C19H15N3O5S/c23-18(12-27-16-8-6-15(7-9-16)22(25)26)20-13-3-1-4-14(11-13)21-19(24)17-5-2-10-28-17/h1-11H,12H2,(H,20,23)(H,21,24). The zero-order valence-electron chi connectivity index (χ0n) is 14.5. The van der Waals surface area contributed by atoms with E-state index in [9.17, 15) is 19.7 Å². The summed E-state index contributed by atoms with van der Waals surface area (Å²) in [7, 11) is 0. The van der Waals surface area contributed by atoms with Gasteiger partial charge in [-0.05, 0) is 41.8 Å². The summed E-state index contributed by atoms with van der Waals surface area (Å²) in [6.07, 6.45) is 0. The molecule has 8 nitrogen and oxygen atoms in total. The van der Waals surface area contributed by atoms with Crippen molar-refractivity contribution in [1.82, 2.24) is 0 Å². The topological polar surface area (TPSA) is 111 Å². The van der Waals surface area contributed by atoms with E-state index in [0.29, 0.717) is 22.0 Å². The molecule has 0 aliphatic heterocycles. The van der Waals surface area contributed by atoms with Crippen LogP contribution in [0.4, 0.5) is 17.1 Å². The third kappa shape index (κ3) is 5.15. The van der Waals surface area contributed by atoms with E-state index in [1.54, 1.807) is 36.4 Å². The molecule has 28 heavy (non-hydrogen) atoms. The van der Waals surface area contributed by atoms with Gasteiger partial charge in [-0.25, -0.2) is 0 Å². The average Bonchev–Trinajstić information content (AvgIpc) is 3.22. The molecule has 2 amide bonds. The van der Waals surface area contributed by atoms with Crippen LogP contribution in [0, 0.1) is 10.1 Å². The number of amides is 2. The molecule has 0 aliphatic carbocycles. The first-order valence-corrected chi connectivity index (χ1v) is 9.01. The lowest BCUT2D eigenvalue weighted by Crippen LogP contribution is -2.20. The van der Waals surface area contributed by atoms with Crippen LogP contribution in [0.3, 0.4) is 0 Å². The van der Waals surface area contributed by atoms with Gasteiger partial charge in [0.1, 0.15) is 5.75 Å². The molecule has 0 saturated carbocycles. The average molecular weight is 397 g/mol. The fourth-order valence-corrected chi connectivity index (χ4v) is 2.90. The molecule has 3 aromatic rings. The first kappa shape index (κ1) is 19.1. The van der Waals surface area contributed by atoms with Gasteiger partial charge in [0.05, 0.1) is 9.80 Å². The lowest BCUT2D eigenvalue weighted by Gasteiger charge is -2.09. The third-order valence-corrected chi connectivity index (χ3v) is 4.44. The van der Waals surface area contributed by atoms with Crippen LogP contribution in [0.15, 0.2) is 66.0 Å². The maximum atomic E-state index is 12.1. The van der Waals surface area contributed by atoms with Gasteiger partial charge in [0.25, 0.3) is 17.5 Å². The number of nitrogens with zero attached hydrogens (tertiary/aromatic N) is 1. The quantitative estimate of drug-likeness (QED) is 0.464. The highest BCUT2D eigenvalue weighted by Gasteiger charge is 2.09. The summed E-state index contributed by atoms with van der Waals surface area (Å²) >= 11 is 1.34. The molecule has 0 saturated heterocycles. The van der Waals surface area contributed by atoms with Gasteiger partial charge in [-0.3, -0.25) is 19.7 Å². The second-order valence-corrected chi connectivity index (χ2v) is 6.55. The minimum absolute atomic E-state index is 0.0572. The van der Waals surface area contributed by atoms with E-state index >= 15 is 0 Å². The molecular formula is C19H15N3O5S. The Morgan fingerprint density at radius 2 is 1.71 bits per heavy atom. The maximum Gasteiger partial charge on any atom is 0.269 e. The van der Waals surface area contributed by atoms with Crippen LogP contribution in [0.25, 0.3) is 0 Å². The maximum absolute atomic E-state index is 12.1. The zero-order valence-corrected chi connectivity index (χ0v) is 15.3. The molecular weight excluding hydrogens is 382 g/mol. The summed E-state index contributed by atoms with van der Waals surface area (Å²) in [6.45, 7) is -0.260. The molecule has 9 heteroatoms. The van der Waals surface area contributed by atoms with Gasteiger partial charge >= 0.3 is 0 Å². The number of nitro benzene ring substituents is 1. The number of benzene rings is 2. The van der Waals surface area contributed by atoms with E-state index in [4.69, 9.17) is 4.74 Å². The lowest BCUT2D eigenvalue weighted by molar-refractivity contribution is -0.384. The number of carbonyl (C=O) groups excluding carboxylic acids is 2. The highest BCUT2D eigenvalue weighted by Crippen LogP contribution is 2.19. The number of carbonyl (C=O) groups is 2. The van der Waals surface area contributed by atoms with Crippen molar-refractivity contribution in [2.24, 2.45) is 0 Å². The summed E-state index contributed by atoms with van der Waals surface area (Å²) in [5, 5.41) is 17.9. The van der Waals surface area contributed by atoms with Crippen molar-refractivity contribution in [2.75, 3.05) is 17.2 Å². The number of nitro groups is 1. The highest BCUT2D eigenvalue weighted by atomic mass is 32.1. The SMILES string of the molecule is O=C(COc1ccc([N+](=O)[O-])cc1)Nc1cccc(NC(=O)c2cccs2)c1. The molecule has 0 bridgehead atoms. The minimum Gasteiger partial charge on any atom is -0.484 e. The number of hydrogen-bond acceptors (Lipinski definition) is 6. The number of hydrogen-bond donors (Lipinski definition) is 2. The van der Waals surface area contributed by atoms with Crippen molar-refractivity contribution in [3.05, 3.63) is 81.0 Å². The molecule has 2 N–H and O–H groups in total. The molecule has 0 spiro atoms. The molecule has 0 fully saturated rings. The van der Waals surface area contributed by atoms with E-state index < -0.39 is 10.8 Å². The van der Waals surface area contributed by atoms with Crippen molar-refractivity contribution < 1.29 is 19.2 Å². The summed E-state index contributed by atoms with van der Waals surface area (Å²) in [5.74, 6) is -0.280. The fraction of sp³-hybridized carbons (Fsp3) is 0.0526. The van der Waals surface area contributed by atoms with Crippen LogP contribution in [0.2, 0.25) is 0 Å². The third-order valence-electron chi connectivity index (χ3n) is 3.57. The predicted molar refractivity (Wildman–Crippen MR) is 106 cm³/mol. The largest absolute Gasteiger partial charge is 0.484 e. The predicted octanol–water partition coefficient (Wildman–Crippen LogP) is 3.93. The van der Waals surface area contributed by atoms with Crippen LogP contribution >= 0.6 is 11.3 Å². The molecule has 142 valence electrons. The number of thiophene rings is 1. The summed E-state index contributed by atoms with van der Waals surface area (Å²) in [4.78, 5) is 34.8. The lowest BCUT2D eigenvalue weighted by atomic mass is 10.2. The zero-order chi connectivity index (χ0) is 19.9. The van der Waals surface area contributed by atoms with Crippen LogP contribution in [-0.2, 0) is 4.79 Å². The normalized spacial score (nSPS) is 10.1. The highest BCUT2D eigenvalue weighted by molar-refractivity contribution is 7.12. The first-order valence-electron chi connectivity index (χ1n) is 8.13. The molecule has 1 aromatic heterocycles. The van der Waals surface area contributed by atoms with Crippen LogP contribution in [-0.4, -0.2) is 23.3 Å². The van der Waals surface area contributed by atoms with Crippen molar-refractivity contribution in [2.45, 2.75) is 0 Å². The molecule has 0 unspecified atom stereocenters. The molecule has 2 aromatic carbocycles. The van der Waals surface area contributed by atoms with Crippen molar-refractivity contribution in [1.29, 1.82) is 0 Å². The summed E-state index contributed by atoms with van der Waals surface area (Å²) in [5.41, 5.74) is 0.993. The monoisotopic (exact) mass is 397 g/mol. The van der Waals surface area contributed by atoms with Crippen molar-refractivity contribution in [3.63, 3.8) is 0 Å². The Balaban J connectivity index is 1.53. The molecule has 0 radical (unpaired) electrons. The van der Waals surface area contributed by atoms with Gasteiger partial charge in [-0.1, -0.05) is 12.1 Å². The summed E-state index contributed by atoms with van der Waals surface area (Å²) < 4.78 is 5.32. The molecule has 0 atom stereocenters. The second-order valence-electron chi connectivity index (χ2n) is 5.60. The Morgan fingerprint density at radius 1 is 1.00 bits per heavy atom. The van der Waals surface area contributed by atoms with Crippen LogP contribution < -0.4 is 15.4 Å². The van der Waals surface area contributed by atoms with Gasteiger partial charge in [-0.15, -0.1) is 11.3 Å². The molecule has 1 heterocycles. The number of rotatable bonds is 7. The second kappa shape index (κ2) is 8.78. The van der Waals surface area contributed by atoms with E-state index in [0.717, 1.165) is 0 Å². The first-order chi connectivity index (χ1) is 13.5. The van der Waals surface area contributed by atoms with Crippen LogP contribution in [0.5, 0.6) is 5.75 Å².